The molecule has 2 saturated heterocycles. The Morgan fingerprint density at radius 3 is 2.29 bits per heavy atom. The van der Waals surface area contributed by atoms with E-state index in [1.807, 2.05) is 0 Å². The van der Waals surface area contributed by atoms with Crippen molar-refractivity contribution >= 4 is 16.2 Å². The van der Waals surface area contributed by atoms with E-state index in [1.54, 1.807) is 6.92 Å². The third-order valence-electron chi connectivity index (χ3n) is 4.54. The van der Waals surface area contributed by atoms with E-state index in [2.05, 4.69) is 0 Å². The van der Waals surface area contributed by atoms with Crippen molar-refractivity contribution in [2.45, 2.75) is 51.2 Å². The lowest BCUT2D eigenvalue weighted by molar-refractivity contribution is -0.142. The Morgan fingerprint density at radius 1 is 1.14 bits per heavy atom. The van der Waals surface area contributed by atoms with Crippen molar-refractivity contribution in [3.63, 3.8) is 0 Å². The maximum atomic E-state index is 12.7. The van der Waals surface area contributed by atoms with Crippen LogP contribution in [0.1, 0.15) is 39.0 Å². The number of carboxylic acids is 1. The first-order valence-electron chi connectivity index (χ1n) is 7.52. The second-order valence-electron chi connectivity index (χ2n) is 5.95. The highest BCUT2D eigenvalue weighted by atomic mass is 32.2. The second-order valence-corrected chi connectivity index (χ2v) is 7.83. The lowest BCUT2D eigenvalue weighted by Gasteiger charge is -2.39. The monoisotopic (exact) mass is 320 g/mol. The topological polar surface area (TPSA) is 98.2 Å². The molecule has 2 unspecified atom stereocenters. The fourth-order valence-corrected chi connectivity index (χ4v) is 5.01. The molecule has 2 heterocycles. The average molecular weight is 320 g/mol. The fraction of sp³-hybridized carbons (Fsp3) is 0.923. The molecule has 0 radical (unpaired) electrons. The van der Waals surface area contributed by atoms with Crippen LogP contribution in [0.4, 0.5) is 0 Å². The van der Waals surface area contributed by atoms with Gasteiger partial charge in [0, 0.05) is 19.6 Å². The number of aliphatic hydroxyl groups excluding tert-OH is 1. The Balaban J connectivity index is 2.09. The summed E-state index contributed by atoms with van der Waals surface area (Å²) < 4.78 is 27.8. The van der Waals surface area contributed by atoms with Gasteiger partial charge in [0.2, 0.25) is 0 Å². The number of rotatable bonds is 4. The molecule has 0 aliphatic carbocycles. The van der Waals surface area contributed by atoms with Crippen molar-refractivity contribution in [2.75, 3.05) is 19.6 Å². The Bertz CT molecular complexity index is 471. The molecule has 7 nitrogen and oxygen atoms in total. The van der Waals surface area contributed by atoms with Crippen LogP contribution < -0.4 is 0 Å². The molecule has 0 aromatic rings. The molecule has 2 aliphatic heterocycles. The van der Waals surface area contributed by atoms with Crippen molar-refractivity contribution < 1.29 is 23.4 Å². The summed E-state index contributed by atoms with van der Waals surface area (Å²) in [5, 5.41) is 18.8. The van der Waals surface area contributed by atoms with Gasteiger partial charge < -0.3 is 10.2 Å². The van der Waals surface area contributed by atoms with E-state index >= 15 is 0 Å². The minimum absolute atomic E-state index is 0.119. The number of aliphatic hydroxyl groups is 1. The van der Waals surface area contributed by atoms with Gasteiger partial charge in [-0.05, 0) is 44.9 Å². The lowest BCUT2D eigenvalue weighted by atomic mass is 9.93. The molecular formula is C13H24N2O5S. The summed E-state index contributed by atoms with van der Waals surface area (Å²) >= 11 is 0. The summed E-state index contributed by atoms with van der Waals surface area (Å²) in [5.41, 5.74) is 0. The number of hydrogen-bond donors (Lipinski definition) is 2. The highest BCUT2D eigenvalue weighted by Gasteiger charge is 2.41. The molecule has 0 aromatic heterocycles. The van der Waals surface area contributed by atoms with E-state index in [0.29, 0.717) is 38.8 Å². The van der Waals surface area contributed by atoms with Crippen LogP contribution in [0.3, 0.4) is 0 Å². The summed E-state index contributed by atoms with van der Waals surface area (Å²) in [6.45, 7) is 2.69. The molecule has 2 rings (SSSR count). The number of aliphatic carboxylic acids is 1. The normalized spacial score (nSPS) is 28.4. The SMILES string of the molecule is CC(O)C1CCN(S(=O)(=O)N2CCCCC2C(=O)O)CC1. The quantitative estimate of drug-likeness (QED) is 0.774. The standard InChI is InChI=1S/C13H24N2O5S/c1-10(16)11-5-8-14(9-6-11)21(19,20)15-7-3-2-4-12(15)13(17)18/h10-12,16H,2-9H2,1H3,(H,17,18). The molecule has 21 heavy (non-hydrogen) atoms. The summed E-state index contributed by atoms with van der Waals surface area (Å²) in [5.74, 6) is -0.954. The van der Waals surface area contributed by atoms with Crippen molar-refractivity contribution in [1.82, 2.24) is 8.61 Å². The van der Waals surface area contributed by atoms with E-state index < -0.39 is 28.3 Å². The van der Waals surface area contributed by atoms with Crippen LogP contribution in [0, 0.1) is 5.92 Å². The van der Waals surface area contributed by atoms with Gasteiger partial charge in [0.15, 0.2) is 0 Å². The molecule has 0 amide bonds. The second kappa shape index (κ2) is 6.60. The molecule has 122 valence electrons. The molecule has 0 saturated carbocycles. The molecule has 2 fully saturated rings. The Labute approximate surface area is 125 Å². The van der Waals surface area contributed by atoms with E-state index in [9.17, 15) is 23.4 Å². The number of carboxylic acid groups (broad SMARTS) is 1. The largest absolute Gasteiger partial charge is 0.480 e. The molecule has 0 spiro atoms. The summed E-state index contributed by atoms with van der Waals surface area (Å²) in [6.07, 6.45) is 2.61. The van der Waals surface area contributed by atoms with Crippen LogP contribution in [0.5, 0.6) is 0 Å². The number of nitrogens with zero attached hydrogens (tertiary/aromatic N) is 2. The lowest BCUT2D eigenvalue weighted by Crippen LogP contribution is -2.55. The van der Waals surface area contributed by atoms with Crippen LogP contribution in [-0.2, 0) is 15.0 Å². The molecule has 0 aromatic carbocycles. The van der Waals surface area contributed by atoms with Gasteiger partial charge >= 0.3 is 5.97 Å². The van der Waals surface area contributed by atoms with Crippen LogP contribution in [0.15, 0.2) is 0 Å². The van der Waals surface area contributed by atoms with Gasteiger partial charge in [-0.3, -0.25) is 4.79 Å². The van der Waals surface area contributed by atoms with Gasteiger partial charge in [0.05, 0.1) is 6.10 Å². The molecular weight excluding hydrogens is 296 g/mol. The molecule has 2 atom stereocenters. The first-order valence-corrected chi connectivity index (χ1v) is 8.91. The van der Waals surface area contributed by atoms with Crippen LogP contribution in [0.25, 0.3) is 0 Å². The van der Waals surface area contributed by atoms with Gasteiger partial charge in [-0.25, -0.2) is 0 Å². The molecule has 0 bridgehead atoms. The minimum atomic E-state index is -3.72. The van der Waals surface area contributed by atoms with Crippen LogP contribution >= 0.6 is 0 Å². The molecule has 2 aliphatic rings. The maximum Gasteiger partial charge on any atom is 0.322 e. The Kier molecular flexibility index (Phi) is 5.24. The summed E-state index contributed by atoms with van der Waals surface area (Å²) in [6, 6.07) is -0.946. The third-order valence-corrected chi connectivity index (χ3v) is 6.59. The predicted octanol–water partition coefficient (Wildman–Crippen LogP) is 0.263. The van der Waals surface area contributed by atoms with Gasteiger partial charge in [-0.1, -0.05) is 0 Å². The van der Waals surface area contributed by atoms with E-state index in [0.717, 1.165) is 10.7 Å². The van der Waals surface area contributed by atoms with E-state index in [4.69, 9.17) is 0 Å². The minimum Gasteiger partial charge on any atom is -0.480 e. The number of hydrogen-bond acceptors (Lipinski definition) is 4. The van der Waals surface area contributed by atoms with Crippen molar-refractivity contribution in [3.05, 3.63) is 0 Å². The molecule has 2 N–H and O–H groups in total. The van der Waals surface area contributed by atoms with Crippen LogP contribution in [-0.4, -0.2) is 65.0 Å². The summed E-state index contributed by atoms with van der Waals surface area (Å²) in [7, 11) is -3.72. The Hall–Kier alpha value is -0.700. The highest BCUT2D eigenvalue weighted by Crippen LogP contribution is 2.27. The van der Waals surface area contributed by atoms with Gasteiger partial charge in [0.25, 0.3) is 10.2 Å². The van der Waals surface area contributed by atoms with Crippen molar-refractivity contribution in [1.29, 1.82) is 0 Å². The maximum absolute atomic E-state index is 12.7. The zero-order valence-corrected chi connectivity index (χ0v) is 13.1. The first kappa shape index (κ1) is 16.7. The zero-order chi connectivity index (χ0) is 15.6. The van der Waals surface area contributed by atoms with E-state index in [-0.39, 0.29) is 12.5 Å². The van der Waals surface area contributed by atoms with Crippen LogP contribution in [0.2, 0.25) is 0 Å². The highest BCUT2D eigenvalue weighted by molar-refractivity contribution is 7.86. The first-order chi connectivity index (χ1) is 9.84. The average Bonchev–Trinajstić information content (AvgIpc) is 2.47. The van der Waals surface area contributed by atoms with Gasteiger partial charge in [0.1, 0.15) is 6.04 Å². The fourth-order valence-electron chi connectivity index (χ4n) is 3.17. The number of carbonyl (C=O) groups is 1. The number of piperidine rings is 2. The molecule has 8 heteroatoms. The zero-order valence-electron chi connectivity index (χ0n) is 12.3. The summed E-state index contributed by atoms with van der Waals surface area (Å²) in [4.78, 5) is 11.3. The third kappa shape index (κ3) is 3.56. The van der Waals surface area contributed by atoms with Crippen molar-refractivity contribution in [2.24, 2.45) is 5.92 Å². The van der Waals surface area contributed by atoms with Gasteiger partial charge in [-0.2, -0.15) is 17.0 Å². The smallest absolute Gasteiger partial charge is 0.322 e. The van der Waals surface area contributed by atoms with Gasteiger partial charge in [-0.15, -0.1) is 0 Å². The van der Waals surface area contributed by atoms with E-state index in [1.165, 1.54) is 4.31 Å². The van der Waals surface area contributed by atoms with Crippen molar-refractivity contribution in [3.8, 4) is 0 Å². The predicted molar refractivity (Wildman–Crippen MR) is 76.9 cm³/mol. The Morgan fingerprint density at radius 2 is 1.76 bits per heavy atom.